The summed E-state index contributed by atoms with van der Waals surface area (Å²) in [6, 6.07) is 0. The summed E-state index contributed by atoms with van der Waals surface area (Å²) in [6.07, 6.45) is 0. The molecule has 2 nitrogen and oxygen atoms in total. The standard InChI is InChI=1S/C11H24O2S/c1-7-14(12,13)8-10(9(2)3)11(4,5)6/h9-10H,7-8H2,1-6H3/t10-/m1/s1. The third kappa shape index (κ3) is 4.45. The van der Waals surface area contributed by atoms with Crippen LogP contribution in [0.5, 0.6) is 0 Å². The Balaban J connectivity index is 4.73. The van der Waals surface area contributed by atoms with Crippen molar-refractivity contribution in [1.82, 2.24) is 0 Å². The van der Waals surface area contributed by atoms with Gasteiger partial charge < -0.3 is 0 Å². The first kappa shape index (κ1) is 13.9. The summed E-state index contributed by atoms with van der Waals surface area (Å²) in [6.45, 7) is 12.3. The summed E-state index contributed by atoms with van der Waals surface area (Å²) in [5, 5.41) is 0. The zero-order chi connectivity index (χ0) is 11.6. The Morgan fingerprint density at radius 1 is 1.14 bits per heavy atom. The molecule has 0 aliphatic heterocycles. The molecule has 3 heteroatoms. The molecule has 0 aliphatic rings. The fourth-order valence-corrected chi connectivity index (χ4v) is 3.50. The van der Waals surface area contributed by atoms with Crippen LogP contribution in [0.15, 0.2) is 0 Å². The molecular weight excluding hydrogens is 196 g/mol. The van der Waals surface area contributed by atoms with Gasteiger partial charge in [0, 0.05) is 5.75 Å². The van der Waals surface area contributed by atoms with E-state index in [0.717, 1.165) is 0 Å². The van der Waals surface area contributed by atoms with Crippen molar-refractivity contribution in [3.63, 3.8) is 0 Å². The van der Waals surface area contributed by atoms with Gasteiger partial charge in [-0.3, -0.25) is 0 Å². The summed E-state index contributed by atoms with van der Waals surface area (Å²) in [4.78, 5) is 0. The van der Waals surface area contributed by atoms with Crippen LogP contribution < -0.4 is 0 Å². The third-order valence-electron chi connectivity index (χ3n) is 2.79. The van der Waals surface area contributed by atoms with E-state index in [1.807, 2.05) is 0 Å². The zero-order valence-electron chi connectivity index (χ0n) is 10.3. The number of rotatable bonds is 4. The maximum Gasteiger partial charge on any atom is 0.150 e. The fourth-order valence-electron chi connectivity index (χ4n) is 1.83. The van der Waals surface area contributed by atoms with Crippen LogP contribution in [0.4, 0.5) is 0 Å². The minimum atomic E-state index is -2.85. The lowest BCUT2D eigenvalue weighted by Crippen LogP contribution is -2.32. The second-order valence-electron chi connectivity index (χ2n) is 5.42. The van der Waals surface area contributed by atoms with Gasteiger partial charge in [-0.25, -0.2) is 8.42 Å². The lowest BCUT2D eigenvalue weighted by atomic mass is 9.75. The molecule has 0 aromatic carbocycles. The van der Waals surface area contributed by atoms with Crippen LogP contribution in [-0.4, -0.2) is 19.9 Å². The molecule has 0 saturated heterocycles. The van der Waals surface area contributed by atoms with Gasteiger partial charge in [0.1, 0.15) is 9.84 Å². The van der Waals surface area contributed by atoms with Crippen LogP contribution in [0.1, 0.15) is 41.5 Å². The van der Waals surface area contributed by atoms with E-state index in [9.17, 15) is 8.42 Å². The van der Waals surface area contributed by atoms with Crippen molar-refractivity contribution >= 4 is 9.84 Å². The lowest BCUT2D eigenvalue weighted by Gasteiger charge is -2.33. The van der Waals surface area contributed by atoms with Crippen molar-refractivity contribution in [3.05, 3.63) is 0 Å². The maximum absolute atomic E-state index is 11.6. The third-order valence-corrected chi connectivity index (χ3v) is 4.54. The highest BCUT2D eigenvalue weighted by atomic mass is 32.2. The van der Waals surface area contributed by atoms with E-state index < -0.39 is 9.84 Å². The molecule has 0 amide bonds. The molecule has 14 heavy (non-hydrogen) atoms. The predicted molar refractivity (Wildman–Crippen MR) is 62.1 cm³/mol. The molecule has 0 bridgehead atoms. The predicted octanol–water partition coefficient (Wildman–Crippen LogP) is 2.74. The summed E-state index contributed by atoms with van der Waals surface area (Å²) >= 11 is 0. The molecule has 0 aliphatic carbocycles. The quantitative estimate of drug-likeness (QED) is 0.730. The minimum Gasteiger partial charge on any atom is -0.229 e. The smallest absolute Gasteiger partial charge is 0.150 e. The first-order chi connectivity index (χ1) is 6.10. The van der Waals surface area contributed by atoms with Crippen molar-refractivity contribution in [2.24, 2.45) is 17.3 Å². The molecule has 0 spiro atoms. The number of hydrogen-bond donors (Lipinski definition) is 0. The van der Waals surface area contributed by atoms with Gasteiger partial charge in [-0.15, -0.1) is 0 Å². The van der Waals surface area contributed by atoms with Crippen molar-refractivity contribution in [3.8, 4) is 0 Å². The molecule has 0 saturated carbocycles. The van der Waals surface area contributed by atoms with E-state index in [4.69, 9.17) is 0 Å². The van der Waals surface area contributed by atoms with Crippen LogP contribution in [0.25, 0.3) is 0 Å². The molecule has 0 N–H and O–H groups in total. The van der Waals surface area contributed by atoms with Gasteiger partial charge >= 0.3 is 0 Å². The fraction of sp³-hybridized carbons (Fsp3) is 1.00. The molecule has 86 valence electrons. The Bertz CT molecular complexity index is 258. The average molecular weight is 220 g/mol. The van der Waals surface area contributed by atoms with Gasteiger partial charge in [0.15, 0.2) is 0 Å². The van der Waals surface area contributed by atoms with E-state index in [-0.39, 0.29) is 17.1 Å². The van der Waals surface area contributed by atoms with Gasteiger partial charge in [0.05, 0.1) is 5.75 Å². The summed E-state index contributed by atoms with van der Waals surface area (Å²) in [5.74, 6) is 1.24. The van der Waals surface area contributed by atoms with Crippen LogP contribution in [0.3, 0.4) is 0 Å². The Kier molecular flexibility index (Phi) is 4.63. The second kappa shape index (κ2) is 4.65. The van der Waals surface area contributed by atoms with Crippen LogP contribution in [-0.2, 0) is 9.84 Å². The highest BCUT2D eigenvalue weighted by Crippen LogP contribution is 2.33. The number of hydrogen-bond acceptors (Lipinski definition) is 2. The number of sulfone groups is 1. The zero-order valence-corrected chi connectivity index (χ0v) is 11.1. The Morgan fingerprint density at radius 2 is 1.57 bits per heavy atom. The van der Waals surface area contributed by atoms with Crippen molar-refractivity contribution in [2.75, 3.05) is 11.5 Å². The average Bonchev–Trinajstić information content (AvgIpc) is 1.98. The molecule has 0 aromatic rings. The molecule has 0 fully saturated rings. The maximum atomic E-state index is 11.6. The van der Waals surface area contributed by atoms with Crippen molar-refractivity contribution in [2.45, 2.75) is 41.5 Å². The largest absolute Gasteiger partial charge is 0.229 e. The first-order valence-electron chi connectivity index (χ1n) is 5.30. The first-order valence-corrected chi connectivity index (χ1v) is 7.12. The van der Waals surface area contributed by atoms with E-state index in [2.05, 4.69) is 34.6 Å². The van der Waals surface area contributed by atoms with E-state index >= 15 is 0 Å². The van der Waals surface area contributed by atoms with Crippen molar-refractivity contribution < 1.29 is 8.42 Å². The molecule has 0 radical (unpaired) electrons. The van der Waals surface area contributed by atoms with Crippen molar-refractivity contribution in [1.29, 1.82) is 0 Å². The summed E-state index contributed by atoms with van der Waals surface area (Å²) in [5.41, 5.74) is 0.0659. The van der Waals surface area contributed by atoms with Gasteiger partial charge in [0.2, 0.25) is 0 Å². The second-order valence-corrected chi connectivity index (χ2v) is 7.81. The van der Waals surface area contributed by atoms with E-state index in [1.165, 1.54) is 0 Å². The minimum absolute atomic E-state index is 0.0659. The topological polar surface area (TPSA) is 34.1 Å². The van der Waals surface area contributed by atoms with Crippen LogP contribution >= 0.6 is 0 Å². The normalized spacial score (nSPS) is 15.9. The Labute approximate surface area is 89.0 Å². The van der Waals surface area contributed by atoms with Gasteiger partial charge in [0.25, 0.3) is 0 Å². The lowest BCUT2D eigenvalue weighted by molar-refractivity contribution is 0.201. The van der Waals surface area contributed by atoms with Gasteiger partial charge in [-0.1, -0.05) is 41.5 Å². The molecule has 0 aromatic heterocycles. The summed E-state index contributed by atoms with van der Waals surface area (Å²) < 4.78 is 23.1. The van der Waals surface area contributed by atoms with E-state index in [1.54, 1.807) is 6.92 Å². The summed E-state index contributed by atoms with van der Waals surface area (Å²) in [7, 11) is -2.85. The molecule has 0 rings (SSSR count). The Morgan fingerprint density at radius 3 is 1.79 bits per heavy atom. The molecule has 1 atom stereocenters. The SMILES string of the molecule is CCS(=O)(=O)C[C@H](C(C)C)C(C)(C)C. The molecule has 0 heterocycles. The van der Waals surface area contributed by atoms with Crippen LogP contribution in [0.2, 0.25) is 0 Å². The molecular formula is C11H24O2S. The van der Waals surface area contributed by atoms with E-state index in [0.29, 0.717) is 11.7 Å². The van der Waals surface area contributed by atoms with Gasteiger partial charge in [-0.2, -0.15) is 0 Å². The highest BCUT2D eigenvalue weighted by molar-refractivity contribution is 7.91. The van der Waals surface area contributed by atoms with Gasteiger partial charge in [-0.05, 0) is 17.3 Å². The monoisotopic (exact) mass is 220 g/mol. The van der Waals surface area contributed by atoms with Crippen LogP contribution in [0, 0.1) is 17.3 Å². The Hall–Kier alpha value is -0.0500. The molecule has 0 unspecified atom stereocenters. The highest BCUT2D eigenvalue weighted by Gasteiger charge is 2.31.